The number of rotatable bonds is 0. The van der Waals surface area contributed by atoms with E-state index in [-0.39, 0.29) is 0 Å². The van der Waals surface area contributed by atoms with Gasteiger partial charge in [-0.05, 0) is 12.1 Å². The Morgan fingerprint density at radius 3 is 2.75 bits per heavy atom. The first-order valence-electron chi connectivity index (χ1n) is 3.33. The van der Waals surface area contributed by atoms with Gasteiger partial charge in [-0.15, -0.1) is 0 Å². The third kappa shape index (κ3) is 1.24. The highest BCUT2D eigenvalue weighted by atomic mass is 35.5. The number of hydrogen-bond acceptors (Lipinski definition) is 2. The molecular weight excluding hydrogens is 195 g/mol. The van der Waals surface area contributed by atoms with E-state index in [9.17, 15) is 0 Å². The molecule has 0 saturated carbocycles. The number of halogens is 2. The van der Waals surface area contributed by atoms with Crippen molar-refractivity contribution in [2.45, 2.75) is 0 Å². The first-order valence-corrected chi connectivity index (χ1v) is 4.09. The monoisotopic (exact) mass is 198 g/mol. The molecular formula is C8H4Cl2N2. The van der Waals surface area contributed by atoms with Crippen molar-refractivity contribution in [3.63, 3.8) is 0 Å². The van der Waals surface area contributed by atoms with Gasteiger partial charge in [0, 0.05) is 17.8 Å². The molecule has 2 aromatic heterocycles. The molecule has 2 rings (SSSR count). The summed E-state index contributed by atoms with van der Waals surface area (Å²) in [7, 11) is 0. The van der Waals surface area contributed by atoms with Gasteiger partial charge < -0.3 is 0 Å². The van der Waals surface area contributed by atoms with Crippen molar-refractivity contribution < 1.29 is 0 Å². The average Bonchev–Trinajstić information content (AvgIpc) is 2.07. The summed E-state index contributed by atoms with van der Waals surface area (Å²) in [6.07, 6.45) is 3.25. The van der Waals surface area contributed by atoms with Crippen molar-refractivity contribution in [1.82, 2.24) is 9.97 Å². The Balaban J connectivity index is 2.88. The maximum Gasteiger partial charge on any atom is 0.129 e. The third-order valence-electron chi connectivity index (χ3n) is 1.52. The largest absolute Gasteiger partial charge is 0.262 e. The standard InChI is InChI=1S/C8H4Cl2N2/c9-6-4-11-3-5-1-2-7(10)12-8(5)6/h1-4H. The van der Waals surface area contributed by atoms with Gasteiger partial charge in [0.1, 0.15) is 5.15 Å². The van der Waals surface area contributed by atoms with Crippen molar-refractivity contribution in [3.05, 3.63) is 34.7 Å². The molecule has 0 aliphatic carbocycles. The lowest BCUT2D eigenvalue weighted by molar-refractivity contribution is 1.32. The Morgan fingerprint density at radius 2 is 1.92 bits per heavy atom. The van der Waals surface area contributed by atoms with Crippen LogP contribution in [0.25, 0.3) is 10.9 Å². The second kappa shape index (κ2) is 2.88. The fourth-order valence-electron chi connectivity index (χ4n) is 0.986. The number of hydrogen-bond donors (Lipinski definition) is 0. The summed E-state index contributed by atoms with van der Waals surface area (Å²) in [6, 6.07) is 3.55. The third-order valence-corrected chi connectivity index (χ3v) is 2.01. The van der Waals surface area contributed by atoms with Crippen LogP contribution in [0.3, 0.4) is 0 Å². The molecule has 0 unspecified atom stereocenters. The normalized spacial score (nSPS) is 10.5. The van der Waals surface area contributed by atoms with Crippen molar-refractivity contribution in [3.8, 4) is 0 Å². The van der Waals surface area contributed by atoms with E-state index >= 15 is 0 Å². The quantitative estimate of drug-likeness (QED) is 0.609. The smallest absolute Gasteiger partial charge is 0.129 e. The minimum Gasteiger partial charge on any atom is -0.262 e. The van der Waals surface area contributed by atoms with Gasteiger partial charge in [0.25, 0.3) is 0 Å². The SMILES string of the molecule is Clc1ccc2cncc(Cl)c2n1. The molecule has 0 aromatic carbocycles. The lowest BCUT2D eigenvalue weighted by Crippen LogP contribution is -1.82. The molecule has 60 valence electrons. The van der Waals surface area contributed by atoms with E-state index < -0.39 is 0 Å². The zero-order valence-electron chi connectivity index (χ0n) is 5.96. The highest BCUT2D eigenvalue weighted by Gasteiger charge is 2.00. The van der Waals surface area contributed by atoms with Crippen molar-refractivity contribution in [2.24, 2.45) is 0 Å². The molecule has 2 aromatic rings. The fourth-order valence-corrected chi connectivity index (χ4v) is 1.34. The average molecular weight is 199 g/mol. The van der Waals surface area contributed by atoms with Gasteiger partial charge in [0.15, 0.2) is 0 Å². The van der Waals surface area contributed by atoms with E-state index in [0.717, 1.165) is 5.39 Å². The van der Waals surface area contributed by atoms with E-state index in [4.69, 9.17) is 23.2 Å². The van der Waals surface area contributed by atoms with Gasteiger partial charge in [-0.1, -0.05) is 23.2 Å². The molecule has 0 atom stereocenters. The van der Waals surface area contributed by atoms with Gasteiger partial charge >= 0.3 is 0 Å². The van der Waals surface area contributed by atoms with Gasteiger partial charge in [-0.3, -0.25) is 4.98 Å². The van der Waals surface area contributed by atoms with Crippen LogP contribution < -0.4 is 0 Å². The van der Waals surface area contributed by atoms with E-state index in [1.165, 1.54) is 0 Å². The Bertz CT molecular complexity index is 428. The Kier molecular flexibility index (Phi) is 1.87. The molecule has 0 amide bonds. The van der Waals surface area contributed by atoms with E-state index in [2.05, 4.69) is 9.97 Å². The van der Waals surface area contributed by atoms with Gasteiger partial charge in [-0.2, -0.15) is 0 Å². The van der Waals surface area contributed by atoms with Crippen LogP contribution >= 0.6 is 23.2 Å². The van der Waals surface area contributed by atoms with Crippen LogP contribution in [0.15, 0.2) is 24.5 Å². The second-order valence-corrected chi connectivity index (χ2v) is 3.12. The summed E-state index contributed by atoms with van der Waals surface area (Å²) in [6.45, 7) is 0. The lowest BCUT2D eigenvalue weighted by Gasteiger charge is -1.97. The molecule has 4 heteroatoms. The molecule has 0 saturated heterocycles. The molecule has 0 spiro atoms. The van der Waals surface area contributed by atoms with Crippen molar-refractivity contribution in [1.29, 1.82) is 0 Å². The molecule has 0 fully saturated rings. The molecule has 2 heterocycles. The predicted octanol–water partition coefficient (Wildman–Crippen LogP) is 2.94. The molecule has 2 nitrogen and oxygen atoms in total. The fraction of sp³-hybridized carbons (Fsp3) is 0. The highest BCUT2D eigenvalue weighted by Crippen LogP contribution is 2.21. The number of nitrogens with zero attached hydrogens (tertiary/aromatic N) is 2. The lowest BCUT2D eigenvalue weighted by atomic mass is 10.3. The first-order chi connectivity index (χ1) is 5.77. The zero-order valence-corrected chi connectivity index (χ0v) is 7.47. The Labute approximate surface area is 79.2 Å². The summed E-state index contributed by atoms with van der Waals surface area (Å²) in [4.78, 5) is 8.00. The minimum atomic E-state index is 0.440. The topological polar surface area (TPSA) is 25.8 Å². The number of fused-ring (bicyclic) bond motifs is 1. The van der Waals surface area contributed by atoms with Crippen LogP contribution in [0, 0.1) is 0 Å². The summed E-state index contributed by atoms with van der Waals surface area (Å²) in [5.41, 5.74) is 0.694. The Morgan fingerprint density at radius 1 is 1.08 bits per heavy atom. The van der Waals surface area contributed by atoms with E-state index in [1.54, 1.807) is 18.5 Å². The molecule has 0 bridgehead atoms. The second-order valence-electron chi connectivity index (χ2n) is 2.33. The maximum absolute atomic E-state index is 5.85. The van der Waals surface area contributed by atoms with E-state index in [1.807, 2.05) is 6.07 Å². The summed E-state index contributed by atoms with van der Waals surface area (Å²) >= 11 is 11.5. The summed E-state index contributed by atoms with van der Waals surface area (Å²) in [5, 5.41) is 1.86. The van der Waals surface area contributed by atoms with Crippen molar-refractivity contribution in [2.75, 3.05) is 0 Å². The summed E-state index contributed by atoms with van der Waals surface area (Å²) in [5.74, 6) is 0. The molecule has 0 radical (unpaired) electrons. The highest BCUT2D eigenvalue weighted by molar-refractivity contribution is 6.35. The van der Waals surface area contributed by atoms with Gasteiger partial charge in [-0.25, -0.2) is 4.98 Å². The van der Waals surface area contributed by atoms with Crippen LogP contribution in [-0.2, 0) is 0 Å². The van der Waals surface area contributed by atoms with Gasteiger partial charge in [0.05, 0.1) is 10.5 Å². The number of aromatic nitrogens is 2. The maximum atomic E-state index is 5.85. The molecule has 0 N–H and O–H groups in total. The molecule has 12 heavy (non-hydrogen) atoms. The van der Waals surface area contributed by atoms with Crippen LogP contribution in [0.4, 0.5) is 0 Å². The van der Waals surface area contributed by atoms with Gasteiger partial charge in [0.2, 0.25) is 0 Å². The minimum absolute atomic E-state index is 0.440. The Hall–Kier alpha value is -0.860. The van der Waals surface area contributed by atoms with E-state index in [0.29, 0.717) is 15.7 Å². The molecule has 0 aliphatic heterocycles. The van der Waals surface area contributed by atoms with Crippen LogP contribution in [-0.4, -0.2) is 9.97 Å². The van der Waals surface area contributed by atoms with Crippen LogP contribution in [0.5, 0.6) is 0 Å². The number of pyridine rings is 2. The predicted molar refractivity (Wildman–Crippen MR) is 49.6 cm³/mol. The van der Waals surface area contributed by atoms with Crippen LogP contribution in [0.1, 0.15) is 0 Å². The first kappa shape index (κ1) is 7.77. The van der Waals surface area contributed by atoms with Crippen molar-refractivity contribution >= 4 is 34.1 Å². The summed E-state index contributed by atoms with van der Waals surface area (Å²) < 4.78 is 0. The zero-order chi connectivity index (χ0) is 8.55. The molecule has 0 aliphatic rings. The van der Waals surface area contributed by atoms with Crippen LogP contribution in [0.2, 0.25) is 10.2 Å².